The van der Waals surface area contributed by atoms with Crippen molar-refractivity contribution in [3.05, 3.63) is 22.7 Å². The van der Waals surface area contributed by atoms with Crippen molar-refractivity contribution < 1.29 is 9.90 Å². The van der Waals surface area contributed by atoms with Gasteiger partial charge in [-0.3, -0.25) is 4.79 Å². The zero-order valence-electron chi connectivity index (χ0n) is 12.5. The SMILES string of the molecule is CC(C)CC(Nc1nccn(CC(C)C)c1=O)C(=O)O. The van der Waals surface area contributed by atoms with Gasteiger partial charge in [0.05, 0.1) is 0 Å². The van der Waals surface area contributed by atoms with Crippen LogP contribution in [-0.4, -0.2) is 26.7 Å². The molecule has 0 radical (unpaired) electrons. The first-order valence-electron chi connectivity index (χ1n) is 6.86. The van der Waals surface area contributed by atoms with Gasteiger partial charge in [-0.1, -0.05) is 27.7 Å². The van der Waals surface area contributed by atoms with E-state index in [1.165, 1.54) is 6.20 Å². The fourth-order valence-electron chi connectivity index (χ4n) is 1.94. The van der Waals surface area contributed by atoms with E-state index in [-0.39, 0.29) is 17.3 Å². The second kappa shape index (κ2) is 7.07. The predicted molar refractivity (Wildman–Crippen MR) is 77.8 cm³/mol. The first-order chi connectivity index (χ1) is 9.31. The Morgan fingerprint density at radius 1 is 1.35 bits per heavy atom. The maximum absolute atomic E-state index is 12.2. The molecule has 1 heterocycles. The van der Waals surface area contributed by atoms with E-state index in [9.17, 15) is 14.7 Å². The van der Waals surface area contributed by atoms with Gasteiger partial charge in [-0.15, -0.1) is 0 Å². The van der Waals surface area contributed by atoms with Crippen molar-refractivity contribution in [3.8, 4) is 0 Å². The highest BCUT2D eigenvalue weighted by atomic mass is 16.4. The maximum Gasteiger partial charge on any atom is 0.326 e. The van der Waals surface area contributed by atoms with Crippen molar-refractivity contribution in [1.29, 1.82) is 0 Å². The molecule has 6 heteroatoms. The molecule has 1 aromatic heterocycles. The van der Waals surface area contributed by atoms with Gasteiger partial charge in [-0.25, -0.2) is 9.78 Å². The van der Waals surface area contributed by atoms with Crippen LogP contribution in [0.3, 0.4) is 0 Å². The first-order valence-corrected chi connectivity index (χ1v) is 6.86. The molecule has 1 aromatic rings. The molecule has 0 aliphatic heterocycles. The minimum Gasteiger partial charge on any atom is -0.480 e. The lowest BCUT2D eigenvalue weighted by Gasteiger charge is -2.17. The summed E-state index contributed by atoms with van der Waals surface area (Å²) < 4.78 is 1.55. The molecule has 1 unspecified atom stereocenters. The lowest BCUT2D eigenvalue weighted by molar-refractivity contribution is -0.138. The molecule has 2 N–H and O–H groups in total. The molecule has 0 fully saturated rings. The number of carboxylic acid groups (broad SMARTS) is 1. The number of nitrogens with one attached hydrogen (secondary N) is 1. The number of aromatic nitrogens is 2. The Labute approximate surface area is 118 Å². The van der Waals surface area contributed by atoms with Crippen LogP contribution >= 0.6 is 0 Å². The number of carbonyl (C=O) groups is 1. The highest BCUT2D eigenvalue weighted by molar-refractivity contribution is 5.76. The molecule has 112 valence electrons. The van der Waals surface area contributed by atoms with Crippen LogP contribution in [0.1, 0.15) is 34.1 Å². The van der Waals surface area contributed by atoms with E-state index in [2.05, 4.69) is 10.3 Å². The van der Waals surface area contributed by atoms with Crippen molar-refractivity contribution in [1.82, 2.24) is 9.55 Å². The number of anilines is 1. The molecular weight excluding hydrogens is 258 g/mol. The van der Waals surface area contributed by atoms with Gasteiger partial charge in [-0.05, 0) is 18.3 Å². The fraction of sp³-hybridized carbons (Fsp3) is 0.643. The minimum absolute atomic E-state index is 0.0983. The Morgan fingerprint density at radius 3 is 2.50 bits per heavy atom. The van der Waals surface area contributed by atoms with Crippen molar-refractivity contribution in [2.45, 2.75) is 46.7 Å². The van der Waals surface area contributed by atoms with E-state index < -0.39 is 12.0 Å². The van der Waals surface area contributed by atoms with Gasteiger partial charge in [-0.2, -0.15) is 0 Å². The fourth-order valence-corrected chi connectivity index (χ4v) is 1.94. The molecule has 0 amide bonds. The summed E-state index contributed by atoms with van der Waals surface area (Å²) in [6, 6.07) is -0.801. The molecule has 1 rings (SSSR count). The molecule has 0 aromatic carbocycles. The van der Waals surface area contributed by atoms with Gasteiger partial charge in [0.1, 0.15) is 6.04 Å². The number of rotatable bonds is 7. The first kappa shape index (κ1) is 16.2. The molecule has 0 saturated carbocycles. The van der Waals surface area contributed by atoms with Crippen LogP contribution < -0.4 is 10.9 Å². The van der Waals surface area contributed by atoms with Crippen LogP contribution in [0.15, 0.2) is 17.2 Å². The van der Waals surface area contributed by atoms with Gasteiger partial charge < -0.3 is 15.0 Å². The summed E-state index contributed by atoms with van der Waals surface area (Å²) in [5, 5.41) is 11.9. The van der Waals surface area contributed by atoms with Crippen LogP contribution in [0.2, 0.25) is 0 Å². The summed E-state index contributed by atoms with van der Waals surface area (Å²) in [6.07, 6.45) is 3.57. The minimum atomic E-state index is -0.973. The normalized spacial score (nSPS) is 12.7. The predicted octanol–water partition coefficient (Wildman–Crippen LogP) is 1.81. The molecule has 0 aliphatic carbocycles. The Morgan fingerprint density at radius 2 is 2.00 bits per heavy atom. The summed E-state index contributed by atoms with van der Waals surface area (Å²) in [5.74, 6) is -0.334. The molecule has 0 bridgehead atoms. The lowest BCUT2D eigenvalue weighted by atomic mass is 10.0. The Hall–Kier alpha value is -1.85. The van der Waals surface area contributed by atoms with Crippen molar-refractivity contribution in [2.24, 2.45) is 11.8 Å². The number of nitrogens with zero attached hydrogens (tertiary/aromatic N) is 2. The molecule has 1 atom stereocenters. The summed E-state index contributed by atoms with van der Waals surface area (Å²) in [5.41, 5.74) is -0.281. The van der Waals surface area contributed by atoms with E-state index in [0.29, 0.717) is 18.9 Å². The third-order valence-corrected chi connectivity index (χ3v) is 2.79. The van der Waals surface area contributed by atoms with Crippen LogP contribution in [0.4, 0.5) is 5.82 Å². The monoisotopic (exact) mass is 281 g/mol. The lowest BCUT2D eigenvalue weighted by Crippen LogP contribution is -2.35. The summed E-state index contributed by atoms with van der Waals surface area (Å²) in [7, 11) is 0. The van der Waals surface area contributed by atoms with Gasteiger partial charge in [0.2, 0.25) is 0 Å². The average molecular weight is 281 g/mol. The summed E-state index contributed by atoms with van der Waals surface area (Å²) in [4.78, 5) is 27.4. The zero-order valence-corrected chi connectivity index (χ0v) is 12.5. The van der Waals surface area contributed by atoms with E-state index in [1.807, 2.05) is 27.7 Å². The van der Waals surface area contributed by atoms with Crippen molar-refractivity contribution in [2.75, 3.05) is 5.32 Å². The van der Waals surface area contributed by atoms with Crippen LogP contribution in [0, 0.1) is 11.8 Å². The van der Waals surface area contributed by atoms with Gasteiger partial charge >= 0.3 is 5.97 Å². The third kappa shape index (κ3) is 4.68. The number of hydrogen-bond donors (Lipinski definition) is 2. The van der Waals surface area contributed by atoms with Gasteiger partial charge in [0, 0.05) is 18.9 Å². The highest BCUT2D eigenvalue weighted by Crippen LogP contribution is 2.09. The Bertz CT molecular complexity index is 509. The van der Waals surface area contributed by atoms with Crippen molar-refractivity contribution in [3.63, 3.8) is 0 Å². The second-order valence-corrected chi connectivity index (χ2v) is 5.79. The van der Waals surface area contributed by atoms with E-state index in [1.54, 1.807) is 10.8 Å². The van der Waals surface area contributed by atoms with E-state index in [0.717, 1.165) is 0 Å². The maximum atomic E-state index is 12.2. The van der Waals surface area contributed by atoms with E-state index in [4.69, 9.17) is 0 Å². The molecule has 0 spiro atoms. The molecular formula is C14H23N3O3. The average Bonchev–Trinajstić information content (AvgIpc) is 2.32. The van der Waals surface area contributed by atoms with Crippen LogP contribution in [0.5, 0.6) is 0 Å². The Balaban J connectivity index is 2.96. The molecule has 0 saturated heterocycles. The van der Waals surface area contributed by atoms with Gasteiger partial charge in [0.25, 0.3) is 5.56 Å². The van der Waals surface area contributed by atoms with E-state index >= 15 is 0 Å². The number of hydrogen-bond acceptors (Lipinski definition) is 4. The summed E-state index contributed by atoms with van der Waals surface area (Å²) >= 11 is 0. The number of carboxylic acids is 1. The standard InChI is InChI=1S/C14H23N3O3/c1-9(2)7-11(14(19)20)16-12-13(18)17(6-5-15-12)8-10(3)4/h5-6,9-11H,7-8H2,1-4H3,(H,15,16)(H,19,20). The van der Waals surface area contributed by atoms with Crippen LogP contribution in [0.25, 0.3) is 0 Å². The largest absolute Gasteiger partial charge is 0.480 e. The highest BCUT2D eigenvalue weighted by Gasteiger charge is 2.20. The topological polar surface area (TPSA) is 84.2 Å². The second-order valence-electron chi connectivity index (χ2n) is 5.79. The van der Waals surface area contributed by atoms with Gasteiger partial charge in [0.15, 0.2) is 5.82 Å². The molecule has 0 aliphatic rings. The number of aliphatic carboxylic acids is 1. The quantitative estimate of drug-likeness (QED) is 0.796. The van der Waals surface area contributed by atoms with Crippen molar-refractivity contribution >= 4 is 11.8 Å². The zero-order chi connectivity index (χ0) is 15.3. The molecule has 6 nitrogen and oxygen atoms in total. The van der Waals surface area contributed by atoms with Crippen LogP contribution in [-0.2, 0) is 11.3 Å². The molecule has 20 heavy (non-hydrogen) atoms. The Kier molecular flexibility index (Phi) is 5.73. The smallest absolute Gasteiger partial charge is 0.326 e. The third-order valence-electron chi connectivity index (χ3n) is 2.79. The summed E-state index contributed by atoms with van der Waals surface area (Å²) in [6.45, 7) is 8.48.